The van der Waals surface area contributed by atoms with Crippen LogP contribution in [0.5, 0.6) is 5.75 Å². The maximum absolute atomic E-state index is 12.3. The molecule has 0 N–H and O–H groups in total. The molecule has 2 aromatic heterocycles. The molecule has 0 radical (unpaired) electrons. The molecule has 0 spiro atoms. The Morgan fingerprint density at radius 1 is 1.30 bits per heavy atom. The number of pyridine rings is 1. The molecule has 1 aromatic carbocycles. The summed E-state index contributed by atoms with van der Waals surface area (Å²) >= 11 is 0. The van der Waals surface area contributed by atoms with Gasteiger partial charge in [-0.3, -0.25) is 9.78 Å². The van der Waals surface area contributed by atoms with E-state index in [-0.39, 0.29) is 11.8 Å². The zero-order valence-electron chi connectivity index (χ0n) is 15.0. The maximum atomic E-state index is 12.3. The number of benzene rings is 1. The van der Waals surface area contributed by atoms with E-state index in [4.69, 9.17) is 9.26 Å². The van der Waals surface area contributed by atoms with Crippen molar-refractivity contribution in [3.05, 3.63) is 71.6 Å². The molecular formula is C20H20N4O3. The molecule has 3 heterocycles. The third-order valence-corrected chi connectivity index (χ3v) is 4.49. The van der Waals surface area contributed by atoms with E-state index in [2.05, 4.69) is 15.1 Å². The average Bonchev–Trinajstić information content (AvgIpc) is 3.09. The van der Waals surface area contributed by atoms with E-state index in [1.807, 2.05) is 31.2 Å². The highest BCUT2D eigenvalue weighted by molar-refractivity contribution is 5.94. The summed E-state index contributed by atoms with van der Waals surface area (Å²) in [6, 6.07) is 11.4. The Balaban J connectivity index is 1.26. The van der Waals surface area contributed by atoms with Gasteiger partial charge in [-0.1, -0.05) is 17.3 Å². The minimum absolute atomic E-state index is 0.0226. The van der Waals surface area contributed by atoms with Crippen LogP contribution in [0.1, 0.15) is 33.6 Å². The largest absolute Gasteiger partial charge is 0.493 e. The Morgan fingerprint density at radius 3 is 2.96 bits per heavy atom. The number of rotatable bonds is 6. The summed E-state index contributed by atoms with van der Waals surface area (Å²) < 4.78 is 11.1. The Hall–Kier alpha value is -3.22. The normalized spacial score (nSPS) is 14.0. The van der Waals surface area contributed by atoms with E-state index in [9.17, 15) is 4.79 Å². The topological polar surface area (TPSA) is 81.4 Å². The zero-order valence-corrected chi connectivity index (χ0v) is 15.0. The second kappa shape index (κ2) is 7.57. The number of nitrogens with zero attached hydrogens (tertiary/aromatic N) is 4. The fourth-order valence-electron chi connectivity index (χ4n) is 2.97. The number of carbonyl (C=O) groups excluding carboxylic acids is 1. The highest BCUT2D eigenvalue weighted by Crippen LogP contribution is 2.27. The summed E-state index contributed by atoms with van der Waals surface area (Å²) in [6.45, 7) is 3.67. The van der Waals surface area contributed by atoms with Crippen LogP contribution in [0.2, 0.25) is 0 Å². The van der Waals surface area contributed by atoms with Crippen molar-refractivity contribution in [3.8, 4) is 5.75 Å². The lowest BCUT2D eigenvalue weighted by Gasteiger charge is -2.37. The lowest BCUT2D eigenvalue weighted by molar-refractivity contribution is 0.0568. The first-order chi connectivity index (χ1) is 13.2. The van der Waals surface area contributed by atoms with Crippen LogP contribution in [-0.2, 0) is 6.42 Å². The van der Waals surface area contributed by atoms with Crippen LogP contribution in [-0.4, -0.2) is 45.6 Å². The number of amides is 1. The van der Waals surface area contributed by atoms with Gasteiger partial charge in [0, 0.05) is 31.9 Å². The summed E-state index contributed by atoms with van der Waals surface area (Å²) in [7, 11) is 0. The number of aryl methyl sites for hydroxylation is 1. The van der Waals surface area contributed by atoms with Crippen molar-refractivity contribution in [2.75, 3.05) is 19.7 Å². The number of likely N-dealkylation sites (tertiary alicyclic amines) is 1. The van der Waals surface area contributed by atoms with Gasteiger partial charge in [0.05, 0.1) is 18.1 Å². The fourth-order valence-corrected chi connectivity index (χ4v) is 2.97. The Kier molecular flexibility index (Phi) is 4.82. The number of carbonyl (C=O) groups is 1. The van der Waals surface area contributed by atoms with E-state index in [1.54, 1.807) is 29.4 Å². The molecule has 7 heteroatoms. The Labute approximate surface area is 157 Å². The lowest BCUT2D eigenvalue weighted by atomic mass is 9.99. The molecule has 1 fully saturated rings. The van der Waals surface area contributed by atoms with Crippen LogP contribution in [0.4, 0.5) is 0 Å². The smallest absolute Gasteiger partial charge is 0.255 e. The minimum atomic E-state index is -0.0226. The van der Waals surface area contributed by atoms with Crippen molar-refractivity contribution in [1.82, 2.24) is 20.0 Å². The zero-order chi connectivity index (χ0) is 18.6. The van der Waals surface area contributed by atoms with Crippen LogP contribution in [0.25, 0.3) is 0 Å². The third-order valence-electron chi connectivity index (χ3n) is 4.49. The van der Waals surface area contributed by atoms with Gasteiger partial charge < -0.3 is 14.2 Å². The minimum Gasteiger partial charge on any atom is -0.493 e. The van der Waals surface area contributed by atoms with Gasteiger partial charge >= 0.3 is 0 Å². The Bertz CT molecular complexity index is 920. The second-order valence-electron chi connectivity index (χ2n) is 6.61. The first-order valence-corrected chi connectivity index (χ1v) is 8.90. The van der Waals surface area contributed by atoms with Crippen LogP contribution in [0.15, 0.2) is 53.3 Å². The maximum Gasteiger partial charge on any atom is 0.255 e. The van der Waals surface area contributed by atoms with Crippen molar-refractivity contribution in [3.63, 3.8) is 0 Å². The van der Waals surface area contributed by atoms with E-state index < -0.39 is 0 Å². The fraction of sp³-hybridized carbons (Fsp3) is 0.300. The van der Waals surface area contributed by atoms with Gasteiger partial charge in [0.15, 0.2) is 5.82 Å². The molecule has 0 unspecified atom stereocenters. The van der Waals surface area contributed by atoms with Crippen LogP contribution in [0.3, 0.4) is 0 Å². The summed E-state index contributed by atoms with van der Waals surface area (Å²) in [6.07, 6.45) is 3.80. The molecule has 7 nitrogen and oxygen atoms in total. The van der Waals surface area contributed by atoms with E-state index in [0.717, 1.165) is 11.3 Å². The third kappa shape index (κ3) is 3.97. The van der Waals surface area contributed by atoms with Gasteiger partial charge in [-0.15, -0.1) is 0 Å². The van der Waals surface area contributed by atoms with Crippen molar-refractivity contribution >= 4 is 5.91 Å². The van der Waals surface area contributed by atoms with Crippen LogP contribution >= 0.6 is 0 Å². The molecule has 1 saturated heterocycles. The van der Waals surface area contributed by atoms with Gasteiger partial charge in [0.1, 0.15) is 5.75 Å². The van der Waals surface area contributed by atoms with E-state index in [1.165, 1.54) is 0 Å². The molecular weight excluding hydrogens is 344 g/mol. The SMILES string of the molecule is Cc1cccc(OCCc2noc(C3CN(C(=O)c4cccnc4)C3)n2)c1. The highest BCUT2D eigenvalue weighted by Gasteiger charge is 2.36. The molecule has 1 aliphatic rings. The van der Waals surface area contributed by atoms with Gasteiger partial charge in [-0.05, 0) is 36.8 Å². The van der Waals surface area contributed by atoms with Crippen LogP contribution < -0.4 is 4.74 Å². The summed E-state index contributed by atoms with van der Waals surface area (Å²) in [5.41, 5.74) is 1.75. The first-order valence-electron chi connectivity index (χ1n) is 8.90. The number of aromatic nitrogens is 3. The predicted octanol–water partition coefficient (Wildman–Crippen LogP) is 2.63. The van der Waals surface area contributed by atoms with Crippen molar-refractivity contribution < 1.29 is 14.1 Å². The number of ether oxygens (including phenoxy) is 1. The first kappa shape index (κ1) is 17.2. The van der Waals surface area contributed by atoms with Crippen LogP contribution in [0, 0.1) is 6.92 Å². The van der Waals surface area contributed by atoms with Crippen molar-refractivity contribution in [2.45, 2.75) is 19.3 Å². The van der Waals surface area contributed by atoms with Gasteiger partial charge in [0.2, 0.25) is 5.89 Å². The molecule has 0 atom stereocenters. The second-order valence-corrected chi connectivity index (χ2v) is 6.61. The van der Waals surface area contributed by atoms with Gasteiger partial charge in [-0.2, -0.15) is 4.98 Å². The Morgan fingerprint density at radius 2 is 2.19 bits per heavy atom. The van der Waals surface area contributed by atoms with E-state index in [0.29, 0.717) is 43.4 Å². The molecule has 138 valence electrons. The summed E-state index contributed by atoms with van der Waals surface area (Å²) in [5, 5.41) is 4.02. The molecule has 1 aliphatic heterocycles. The highest BCUT2D eigenvalue weighted by atomic mass is 16.5. The number of hydrogen-bond donors (Lipinski definition) is 0. The molecule has 4 rings (SSSR count). The molecule has 3 aromatic rings. The average molecular weight is 364 g/mol. The molecule has 0 aliphatic carbocycles. The van der Waals surface area contributed by atoms with Gasteiger partial charge in [-0.25, -0.2) is 0 Å². The molecule has 1 amide bonds. The summed E-state index contributed by atoms with van der Waals surface area (Å²) in [5.74, 6) is 2.10. The van der Waals surface area contributed by atoms with Crippen molar-refractivity contribution in [1.29, 1.82) is 0 Å². The van der Waals surface area contributed by atoms with Gasteiger partial charge in [0.25, 0.3) is 5.91 Å². The quantitative estimate of drug-likeness (QED) is 0.669. The van der Waals surface area contributed by atoms with E-state index >= 15 is 0 Å². The molecule has 0 bridgehead atoms. The standard InChI is InChI=1S/C20H20N4O3/c1-14-4-2-6-17(10-14)26-9-7-18-22-19(27-23-18)16-12-24(13-16)20(25)15-5-3-8-21-11-15/h2-6,8,10-11,16H,7,9,12-13H2,1H3. The summed E-state index contributed by atoms with van der Waals surface area (Å²) in [4.78, 5) is 22.5. The number of hydrogen-bond acceptors (Lipinski definition) is 6. The monoisotopic (exact) mass is 364 g/mol. The molecule has 27 heavy (non-hydrogen) atoms. The lowest BCUT2D eigenvalue weighted by Crippen LogP contribution is -2.48. The van der Waals surface area contributed by atoms with Crippen molar-refractivity contribution in [2.24, 2.45) is 0 Å². The molecule has 0 saturated carbocycles. The predicted molar refractivity (Wildman–Crippen MR) is 97.6 cm³/mol.